The van der Waals surface area contributed by atoms with Gasteiger partial charge in [0.2, 0.25) is 5.95 Å². The second-order valence-electron chi connectivity index (χ2n) is 4.09. The van der Waals surface area contributed by atoms with E-state index in [0.717, 1.165) is 18.7 Å². The number of ether oxygens (including phenoxy) is 1. The summed E-state index contributed by atoms with van der Waals surface area (Å²) in [5.41, 5.74) is 0.736. The quantitative estimate of drug-likeness (QED) is 0.573. The number of hydrogen-bond acceptors (Lipinski definition) is 3. The number of pyridine rings is 1. The molecule has 0 radical (unpaired) electrons. The van der Waals surface area contributed by atoms with Crippen molar-refractivity contribution in [3.05, 3.63) is 24.3 Å². The lowest BCUT2D eigenvalue weighted by atomic mass is 10.1. The second-order valence-corrected chi connectivity index (χ2v) is 4.09. The first-order chi connectivity index (χ1) is 7.68. The number of nitrogens with one attached hydrogen (secondary N) is 1. The Balaban J connectivity index is 2.07. The minimum atomic E-state index is -0.467. The standard InChI is InChI=1S/C12H19FN2O/c1-10(2)4-7-16-8-6-14-11-3-5-15-12(13)9-11/h3,5,9-10H,4,6-8H2,1-2H3,(H,14,15). The largest absolute Gasteiger partial charge is 0.383 e. The van der Waals surface area contributed by atoms with Crippen LogP contribution in [0.1, 0.15) is 20.3 Å². The van der Waals surface area contributed by atoms with Crippen molar-refractivity contribution in [2.45, 2.75) is 20.3 Å². The molecule has 90 valence electrons. The van der Waals surface area contributed by atoms with E-state index >= 15 is 0 Å². The van der Waals surface area contributed by atoms with Gasteiger partial charge in [0.25, 0.3) is 0 Å². The summed E-state index contributed by atoms with van der Waals surface area (Å²) in [7, 11) is 0. The molecule has 3 nitrogen and oxygen atoms in total. The van der Waals surface area contributed by atoms with E-state index in [0.29, 0.717) is 19.1 Å². The van der Waals surface area contributed by atoms with E-state index in [4.69, 9.17) is 4.74 Å². The zero-order valence-electron chi connectivity index (χ0n) is 9.87. The molecule has 0 saturated carbocycles. The van der Waals surface area contributed by atoms with E-state index in [-0.39, 0.29) is 0 Å². The van der Waals surface area contributed by atoms with Crippen molar-refractivity contribution in [2.75, 3.05) is 25.1 Å². The minimum absolute atomic E-state index is 0.467. The third-order valence-electron chi connectivity index (χ3n) is 2.14. The molecule has 0 amide bonds. The van der Waals surface area contributed by atoms with Crippen LogP contribution in [-0.4, -0.2) is 24.7 Å². The Kier molecular flexibility index (Phi) is 5.78. The van der Waals surface area contributed by atoms with Gasteiger partial charge < -0.3 is 10.1 Å². The van der Waals surface area contributed by atoms with Crippen LogP contribution in [0.5, 0.6) is 0 Å². The molecule has 0 aliphatic rings. The van der Waals surface area contributed by atoms with Crippen molar-refractivity contribution in [1.29, 1.82) is 0 Å². The zero-order chi connectivity index (χ0) is 11.8. The van der Waals surface area contributed by atoms with Crippen LogP contribution in [0, 0.1) is 11.9 Å². The summed E-state index contributed by atoms with van der Waals surface area (Å²) in [6, 6.07) is 3.10. The first-order valence-electron chi connectivity index (χ1n) is 5.61. The molecule has 0 saturated heterocycles. The molecule has 1 aromatic heterocycles. The van der Waals surface area contributed by atoms with Crippen LogP contribution < -0.4 is 5.32 Å². The summed E-state index contributed by atoms with van der Waals surface area (Å²) in [6.45, 7) is 6.44. The highest BCUT2D eigenvalue weighted by Crippen LogP contribution is 2.05. The van der Waals surface area contributed by atoms with Gasteiger partial charge in [0.1, 0.15) is 0 Å². The molecule has 1 N–H and O–H groups in total. The van der Waals surface area contributed by atoms with Crippen molar-refractivity contribution >= 4 is 5.69 Å². The highest BCUT2D eigenvalue weighted by atomic mass is 19.1. The summed E-state index contributed by atoms with van der Waals surface area (Å²) in [6.07, 6.45) is 2.52. The van der Waals surface area contributed by atoms with Gasteiger partial charge >= 0.3 is 0 Å². The topological polar surface area (TPSA) is 34.1 Å². The van der Waals surface area contributed by atoms with Gasteiger partial charge in [-0.2, -0.15) is 4.39 Å². The third kappa shape index (κ3) is 5.66. The summed E-state index contributed by atoms with van der Waals surface area (Å²) >= 11 is 0. The summed E-state index contributed by atoms with van der Waals surface area (Å²) in [5, 5.41) is 3.07. The first kappa shape index (κ1) is 12.9. The Morgan fingerprint density at radius 1 is 1.44 bits per heavy atom. The molecule has 0 aromatic carbocycles. The lowest BCUT2D eigenvalue weighted by Crippen LogP contribution is -2.11. The van der Waals surface area contributed by atoms with Crippen LogP contribution in [0.2, 0.25) is 0 Å². The number of hydrogen-bond donors (Lipinski definition) is 1. The average molecular weight is 226 g/mol. The summed E-state index contributed by atoms with van der Waals surface area (Å²) < 4.78 is 18.1. The monoisotopic (exact) mass is 226 g/mol. The van der Waals surface area contributed by atoms with E-state index in [2.05, 4.69) is 24.1 Å². The molecule has 0 atom stereocenters. The van der Waals surface area contributed by atoms with Crippen LogP contribution in [-0.2, 0) is 4.74 Å². The molecule has 0 unspecified atom stereocenters. The number of halogens is 1. The normalized spacial score (nSPS) is 10.8. The number of aromatic nitrogens is 1. The predicted octanol–water partition coefficient (Wildman–Crippen LogP) is 2.70. The van der Waals surface area contributed by atoms with Gasteiger partial charge in [0.05, 0.1) is 6.61 Å². The third-order valence-corrected chi connectivity index (χ3v) is 2.14. The van der Waals surface area contributed by atoms with Crippen molar-refractivity contribution in [3.8, 4) is 0 Å². The Morgan fingerprint density at radius 2 is 2.25 bits per heavy atom. The molecule has 16 heavy (non-hydrogen) atoms. The number of rotatable bonds is 7. The Labute approximate surface area is 96.0 Å². The lowest BCUT2D eigenvalue weighted by Gasteiger charge is -2.08. The fourth-order valence-electron chi connectivity index (χ4n) is 1.20. The number of anilines is 1. The number of nitrogens with zero attached hydrogens (tertiary/aromatic N) is 1. The first-order valence-corrected chi connectivity index (χ1v) is 5.61. The van der Waals surface area contributed by atoms with E-state index in [9.17, 15) is 4.39 Å². The van der Waals surface area contributed by atoms with Gasteiger partial charge in [-0.15, -0.1) is 0 Å². The van der Waals surface area contributed by atoms with Gasteiger partial charge in [0.15, 0.2) is 0 Å². The van der Waals surface area contributed by atoms with Crippen LogP contribution in [0.15, 0.2) is 18.3 Å². The minimum Gasteiger partial charge on any atom is -0.383 e. The van der Waals surface area contributed by atoms with Gasteiger partial charge in [-0.25, -0.2) is 4.98 Å². The lowest BCUT2D eigenvalue weighted by molar-refractivity contribution is 0.132. The maximum Gasteiger partial charge on any atom is 0.214 e. The molecule has 0 spiro atoms. The van der Waals surface area contributed by atoms with Crippen LogP contribution in [0.25, 0.3) is 0 Å². The fraction of sp³-hybridized carbons (Fsp3) is 0.583. The Bertz CT molecular complexity index is 305. The molecule has 1 aromatic rings. The Morgan fingerprint density at radius 3 is 2.94 bits per heavy atom. The summed E-state index contributed by atoms with van der Waals surface area (Å²) in [4.78, 5) is 3.48. The van der Waals surface area contributed by atoms with E-state index in [1.807, 2.05) is 0 Å². The van der Waals surface area contributed by atoms with Crippen LogP contribution in [0.3, 0.4) is 0 Å². The van der Waals surface area contributed by atoms with Crippen molar-refractivity contribution in [2.24, 2.45) is 5.92 Å². The van der Waals surface area contributed by atoms with Crippen LogP contribution >= 0.6 is 0 Å². The smallest absolute Gasteiger partial charge is 0.214 e. The van der Waals surface area contributed by atoms with Crippen molar-refractivity contribution in [1.82, 2.24) is 4.98 Å². The summed E-state index contributed by atoms with van der Waals surface area (Å²) in [5.74, 6) is 0.202. The molecule has 0 fully saturated rings. The van der Waals surface area contributed by atoms with Gasteiger partial charge in [-0.3, -0.25) is 0 Å². The van der Waals surface area contributed by atoms with E-state index in [1.54, 1.807) is 6.07 Å². The SMILES string of the molecule is CC(C)CCOCCNc1ccnc(F)c1. The van der Waals surface area contributed by atoms with Crippen molar-refractivity contribution in [3.63, 3.8) is 0 Å². The van der Waals surface area contributed by atoms with Crippen LogP contribution in [0.4, 0.5) is 10.1 Å². The predicted molar refractivity (Wildman–Crippen MR) is 63.0 cm³/mol. The van der Waals surface area contributed by atoms with Gasteiger partial charge in [-0.05, 0) is 18.4 Å². The highest BCUT2D eigenvalue weighted by molar-refractivity contribution is 5.40. The molecule has 0 aliphatic heterocycles. The maximum absolute atomic E-state index is 12.7. The molecular formula is C12H19FN2O. The maximum atomic E-state index is 12.7. The van der Waals surface area contributed by atoms with Gasteiger partial charge in [-0.1, -0.05) is 13.8 Å². The Hall–Kier alpha value is -1.16. The fourth-order valence-corrected chi connectivity index (χ4v) is 1.20. The molecule has 1 heterocycles. The molecule has 0 aliphatic carbocycles. The zero-order valence-corrected chi connectivity index (χ0v) is 9.87. The average Bonchev–Trinajstić information content (AvgIpc) is 2.23. The van der Waals surface area contributed by atoms with E-state index in [1.165, 1.54) is 12.3 Å². The molecule has 0 bridgehead atoms. The molecule has 1 rings (SSSR count). The van der Waals surface area contributed by atoms with Gasteiger partial charge in [0, 0.05) is 31.1 Å². The second kappa shape index (κ2) is 7.17. The highest BCUT2D eigenvalue weighted by Gasteiger charge is 1.96. The molecular weight excluding hydrogens is 207 g/mol. The molecule has 4 heteroatoms. The van der Waals surface area contributed by atoms with Crippen molar-refractivity contribution < 1.29 is 9.13 Å². The van der Waals surface area contributed by atoms with E-state index < -0.39 is 5.95 Å².